The molecule has 1 atom stereocenters. The Morgan fingerprint density at radius 3 is 2.44 bits per heavy atom. The van der Waals surface area contributed by atoms with Gasteiger partial charge >= 0.3 is 0 Å². The van der Waals surface area contributed by atoms with Gasteiger partial charge in [-0.25, -0.2) is 8.42 Å². The van der Waals surface area contributed by atoms with E-state index in [-0.39, 0.29) is 30.0 Å². The van der Waals surface area contributed by atoms with E-state index in [1.807, 2.05) is 47.8 Å². The lowest BCUT2D eigenvalue weighted by Gasteiger charge is -2.28. The normalized spacial score (nSPS) is 16.1. The van der Waals surface area contributed by atoms with Crippen LogP contribution in [0, 0.1) is 0 Å². The highest BCUT2D eigenvalue weighted by Crippen LogP contribution is 2.23. The summed E-state index contributed by atoms with van der Waals surface area (Å²) in [6, 6.07) is 20.2. The molecule has 9 heteroatoms. The SMILES string of the molecule is O=C(CN(CC1CCCO1)S(=O)(=O)c1ccc(Br)cc1)N(Cc1ccccc1)Cc1cccs1. The molecule has 1 aliphatic heterocycles. The van der Waals surface area contributed by atoms with Gasteiger partial charge in [-0.2, -0.15) is 4.31 Å². The van der Waals surface area contributed by atoms with Crippen LogP contribution >= 0.6 is 27.3 Å². The van der Waals surface area contributed by atoms with Gasteiger partial charge in [-0.15, -0.1) is 11.3 Å². The smallest absolute Gasteiger partial charge is 0.243 e. The number of ether oxygens (including phenoxy) is 1. The summed E-state index contributed by atoms with van der Waals surface area (Å²) < 4.78 is 34.9. The van der Waals surface area contributed by atoms with Crippen molar-refractivity contribution in [1.82, 2.24) is 9.21 Å². The average molecular weight is 564 g/mol. The number of carbonyl (C=O) groups excluding carboxylic acids is 1. The summed E-state index contributed by atoms with van der Waals surface area (Å²) in [5.74, 6) is -0.240. The van der Waals surface area contributed by atoms with Crippen molar-refractivity contribution >= 4 is 43.2 Å². The Balaban J connectivity index is 1.59. The zero-order chi connectivity index (χ0) is 24.0. The standard InChI is InChI=1S/C25H27BrN2O4S2/c26-21-10-12-24(13-11-21)34(30,31)28(17-22-8-4-14-32-22)19-25(29)27(18-23-9-5-15-33-23)16-20-6-2-1-3-7-20/h1-3,5-7,9-13,15,22H,4,8,14,16-19H2. The predicted octanol–water partition coefficient (Wildman–Crippen LogP) is 4.91. The number of sulfonamides is 1. The molecule has 0 aliphatic carbocycles. The van der Waals surface area contributed by atoms with Crippen LogP contribution in [0.5, 0.6) is 0 Å². The monoisotopic (exact) mass is 562 g/mol. The zero-order valence-corrected chi connectivity index (χ0v) is 21.9. The fourth-order valence-corrected chi connectivity index (χ4v) is 6.30. The van der Waals surface area contributed by atoms with Crippen LogP contribution in [0.25, 0.3) is 0 Å². The number of halogens is 1. The van der Waals surface area contributed by atoms with Crippen molar-refractivity contribution in [2.75, 3.05) is 19.7 Å². The van der Waals surface area contributed by atoms with Gasteiger partial charge in [0.25, 0.3) is 0 Å². The maximum atomic E-state index is 13.6. The van der Waals surface area contributed by atoms with E-state index in [2.05, 4.69) is 15.9 Å². The van der Waals surface area contributed by atoms with Crippen LogP contribution in [-0.4, -0.2) is 49.3 Å². The second-order valence-electron chi connectivity index (χ2n) is 8.20. The molecule has 0 saturated carbocycles. The van der Waals surface area contributed by atoms with Crippen LogP contribution in [0.3, 0.4) is 0 Å². The second kappa shape index (κ2) is 11.6. The third-order valence-electron chi connectivity index (χ3n) is 5.69. The molecule has 3 aromatic rings. The van der Waals surface area contributed by atoms with Gasteiger partial charge < -0.3 is 9.64 Å². The van der Waals surface area contributed by atoms with Gasteiger partial charge in [0, 0.05) is 29.0 Å². The molecule has 1 aliphatic rings. The van der Waals surface area contributed by atoms with Crippen molar-refractivity contribution in [3.63, 3.8) is 0 Å². The lowest BCUT2D eigenvalue weighted by Crippen LogP contribution is -2.45. The van der Waals surface area contributed by atoms with E-state index in [1.54, 1.807) is 40.5 Å². The van der Waals surface area contributed by atoms with Gasteiger partial charge in [-0.05, 0) is 54.1 Å². The molecule has 1 aromatic heterocycles. The fourth-order valence-electron chi connectivity index (χ4n) is 3.90. The molecule has 1 unspecified atom stereocenters. The molecule has 0 spiro atoms. The van der Waals surface area contributed by atoms with Gasteiger partial charge in [0.2, 0.25) is 15.9 Å². The van der Waals surface area contributed by atoms with E-state index in [1.165, 1.54) is 4.31 Å². The van der Waals surface area contributed by atoms with Crippen molar-refractivity contribution in [1.29, 1.82) is 0 Å². The van der Waals surface area contributed by atoms with Crippen molar-refractivity contribution < 1.29 is 17.9 Å². The topological polar surface area (TPSA) is 66.9 Å². The van der Waals surface area contributed by atoms with Crippen LogP contribution < -0.4 is 0 Å². The number of hydrogen-bond donors (Lipinski definition) is 0. The molecule has 4 rings (SSSR count). The Hall–Kier alpha value is -2.04. The lowest BCUT2D eigenvalue weighted by atomic mass is 10.2. The van der Waals surface area contributed by atoms with E-state index in [0.717, 1.165) is 27.8 Å². The first kappa shape index (κ1) is 25.1. The van der Waals surface area contributed by atoms with Crippen molar-refractivity contribution in [3.8, 4) is 0 Å². The molecule has 2 aromatic carbocycles. The van der Waals surface area contributed by atoms with Crippen LogP contribution in [0.15, 0.2) is 81.5 Å². The zero-order valence-electron chi connectivity index (χ0n) is 18.7. The van der Waals surface area contributed by atoms with Crippen LogP contribution in [0.2, 0.25) is 0 Å². The van der Waals surface area contributed by atoms with Crippen LogP contribution in [0.1, 0.15) is 23.3 Å². The number of thiophene rings is 1. The number of nitrogens with zero attached hydrogens (tertiary/aromatic N) is 2. The summed E-state index contributed by atoms with van der Waals surface area (Å²) in [5, 5.41) is 1.97. The van der Waals surface area contributed by atoms with Crippen LogP contribution in [0.4, 0.5) is 0 Å². The van der Waals surface area contributed by atoms with E-state index < -0.39 is 10.0 Å². The Labute approximate surface area is 213 Å². The quantitative estimate of drug-likeness (QED) is 0.352. The number of rotatable bonds is 10. The van der Waals surface area contributed by atoms with E-state index >= 15 is 0 Å². The molecule has 2 heterocycles. The summed E-state index contributed by atoms with van der Waals surface area (Å²) in [7, 11) is -3.88. The lowest BCUT2D eigenvalue weighted by molar-refractivity contribution is -0.132. The average Bonchev–Trinajstić information content (AvgIpc) is 3.53. The molecule has 180 valence electrons. The first-order valence-corrected chi connectivity index (χ1v) is 14.2. The van der Waals surface area contributed by atoms with Crippen LogP contribution in [-0.2, 0) is 32.6 Å². The first-order chi connectivity index (χ1) is 16.4. The fraction of sp³-hybridized carbons (Fsp3) is 0.320. The highest BCUT2D eigenvalue weighted by molar-refractivity contribution is 9.10. The molecule has 6 nitrogen and oxygen atoms in total. The van der Waals surface area contributed by atoms with Gasteiger partial charge in [0.15, 0.2) is 0 Å². The molecule has 1 saturated heterocycles. The summed E-state index contributed by atoms with van der Waals surface area (Å²) >= 11 is 4.93. The van der Waals surface area contributed by atoms with Gasteiger partial charge in [-0.3, -0.25) is 4.79 Å². The third kappa shape index (κ3) is 6.55. The second-order valence-corrected chi connectivity index (χ2v) is 12.1. The van der Waals surface area contributed by atoms with Crippen molar-refractivity contribution in [2.45, 2.75) is 36.9 Å². The maximum Gasteiger partial charge on any atom is 0.243 e. The van der Waals surface area contributed by atoms with Crippen molar-refractivity contribution in [3.05, 3.63) is 87.0 Å². The highest BCUT2D eigenvalue weighted by Gasteiger charge is 2.32. The van der Waals surface area contributed by atoms with E-state index in [0.29, 0.717) is 19.7 Å². The molecule has 34 heavy (non-hydrogen) atoms. The summed E-state index contributed by atoms with van der Waals surface area (Å²) in [6.07, 6.45) is 1.46. The number of carbonyl (C=O) groups is 1. The maximum absolute atomic E-state index is 13.6. The van der Waals surface area contributed by atoms with Gasteiger partial charge in [0.05, 0.1) is 24.1 Å². The van der Waals surface area contributed by atoms with E-state index in [9.17, 15) is 13.2 Å². The Bertz CT molecular complexity index is 1160. The minimum Gasteiger partial charge on any atom is -0.377 e. The Morgan fingerprint density at radius 1 is 1.03 bits per heavy atom. The molecule has 0 bridgehead atoms. The minimum atomic E-state index is -3.88. The molecular weight excluding hydrogens is 536 g/mol. The largest absolute Gasteiger partial charge is 0.377 e. The molecule has 0 radical (unpaired) electrons. The Kier molecular flexibility index (Phi) is 8.55. The van der Waals surface area contributed by atoms with Gasteiger partial charge in [-0.1, -0.05) is 52.3 Å². The first-order valence-electron chi connectivity index (χ1n) is 11.1. The Morgan fingerprint density at radius 2 is 1.79 bits per heavy atom. The summed E-state index contributed by atoms with van der Waals surface area (Å²) in [5.41, 5.74) is 0.994. The van der Waals surface area contributed by atoms with Crippen molar-refractivity contribution in [2.24, 2.45) is 0 Å². The highest BCUT2D eigenvalue weighted by atomic mass is 79.9. The predicted molar refractivity (Wildman–Crippen MR) is 137 cm³/mol. The number of benzene rings is 2. The molecule has 0 N–H and O–H groups in total. The van der Waals surface area contributed by atoms with Gasteiger partial charge in [0.1, 0.15) is 0 Å². The summed E-state index contributed by atoms with van der Waals surface area (Å²) in [6.45, 7) is 1.36. The number of hydrogen-bond acceptors (Lipinski definition) is 5. The third-order valence-corrected chi connectivity index (χ3v) is 8.91. The minimum absolute atomic E-state index is 0.155. The summed E-state index contributed by atoms with van der Waals surface area (Å²) in [4.78, 5) is 16.5. The molecular formula is C25H27BrN2O4S2. The molecule has 1 amide bonds. The number of amides is 1. The molecule has 1 fully saturated rings. The van der Waals surface area contributed by atoms with E-state index in [4.69, 9.17) is 4.74 Å².